The highest BCUT2D eigenvalue weighted by Crippen LogP contribution is 1.90. The molecule has 1 rings (SSSR count). The van der Waals surface area contributed by atoms with E-state index >= 15 is 0 Å². The number of nitrogens with one attached hydrogen (secondary N) is 2. The molecule has 0 saturated heterocycles. The van der Waals surface area contributed by atoms with Crippen molar-refractivity contribution >= 4 is 11.8 Å². The number of hydrogen-bond donors (Lipinski definition) is 2. The second-order valence-electron chi connectivity index (χ2n) is 4.20. The molecule has 0 aliphatic rings. The van der Waals surface area contributed by atoms with Crippen LogP contribution in [0.5, 0.6) is 0 Å². The van der Waals surface area contributed by atoms with Gasteiger partial charge in [-0.05, 0) is 12.5 Å². The van der Waals surface area contributed by atoms with Crippen LogP contribution in [0.2, 0.25) is 0 Å². The molecule has 1 heterocycles. The number of carbonyl (C=O) groups excluding carboxylic acids is 2. The zero-order valence-electron chi connectivity index (χ0n) is 10.9. The Hall–Kier alpha value is -1.91. The fourth-order valence-electron chi connectivity index (χ4n) is 1.44. The van der Waals surface area contributed by atoms with Crippen LogP contribution in [0, 0.1) is 6.92 Å². The van der Waals surface area contributed by atoms with E-state index in [-0.39, 0.29) is 11.8 Å². The van der Waals surface area contributed by atoms with Crippen LogP contribution in [-0.2, 0) is 16.1 Å². The number of aromatic nitrogens is 1. The number of hydrogen-bond acceptors (Lipinski definition) is 2. The lowest BCUT2D eigenvalue weighted by Crippen LogP contribution is -2.38. The van der Waals surface area contributed by atoms with Crippen LogP contribution in [0.3, 0.4) is 0 Å². The summed E-state index contributed by atoms with van der Waals surface area (Å²) in [7, 11) is 0. The number of pyridine rings is 1. The van der Waals surface area contributed by atoms with Gasteiger partial charge in [0.05, 0.1) is 6.42 Å². The van der Waals surface area contributed by atoms with Crippen molar-refractivity contribution < 1.29 is 14.2 Å². The van der Waals surface area contributed by atoms with Gasteiger partial charge in [-0.25, -0.2) is 4.57 Å². The second-order valence-corrected chi connectivity index (χ2v) is 4.20. The topological polar surface area (TPSA) is 62.1 Å². The van der Waals surface area contributed by atoms with Crippen LogP contribution >= 0.6 is 0 Å². The van der Waals surface area contributed by atoms with Gasteiger partial charge in [-0.2, -0.15) is 0 Å². The molecule has 5 heteroatoms. The summed E-state index contributed by atoms with van der Waals surface area (Å²) in [4.78, 5) is 22.1. The summed E-state index contributed by atoms with van der Waals surface area (Å²) in [5.41, 5.74) is 1.20. The summed E-state index contributed by atoms with van der Waals surface area (Å²) in [5.74, 6) is -0.0899. The Bertz CT molecular complexity index is 401. The van der Waals surface area contributed by atoms with Crippen molar-refractivity contribution in [3.8, 4) is 0 Å². The average Bonchev–Trinajstić information content (AvgIpc) is 2.34. The molecule has 1 aromatic rings. The molecule has 98 valence electrons. The van der Waals surface area contributed by atoms with Crippen LogP contribution in [0.1, 0.15) is 18.9 Å². The first-order valence-electron chi connectivity index (χ1n) is 6.05. The zero-order valence-corrected chi connectivity index (χ0v) is 10.9. The lowest BCUT2D eigenvalue weighted by Gasteiger charge is -2.04. The zero-order chi connectivity index (χ0) is 13.4. The molecular formula is C13H20N3O2+. The van der Waals surface area contributed by atoms with Gasteiger partial charge < -0.3 is 10.6 Å². The van der Waals surface area contributed by atoms with Gasteiger partial charge in [0.15, 0.2) is 18.9 Å². The summed E-state index contributed by atoms with van der Waals surface area (Å²) >= 11 is 0. The summed E-state index contributed by atoms with van der Waals surface area (Å²) in [6.45, 7) is 5.08. The number of carbonyl (C=O) groups is 2. The molecule has 0 saturated carbocycles. The maximum absolute atomic E-state index is 11.5. The maximum atomic E-state index is 11.5. The van der Waals surface area contributed by atoms with Crippen molar-refractivity contribution in [2.24, 2.45) is 0 Å². The normalized spacial score (nSPS) is 9.89. The monoisotopic (exact) mass is 250 g/mol. The third-order valence-corrected chi connectivity index (χ3v) is 2.48. The molecule has 5 nitrogen and oxygen atoms in total. The van der Waals surface area contributed by atoms with Gasteiger partial charge in [-0.3, -0.25) is 9.59 Å². The van der Waals surface area contributed by atoms with Crippen LogP contribution < -0.4 is 15.2 Å². The van der Waals surface area contributed by atoms with Gasteiger partial charge in [-0.1, -0.05) is 0 Å². The first-order chi connectivity index (χ1) is 8.58. The fraction of sp³-hybridized carbons (Fsp3) is 0.462. The van der Waals surface area contributed by atoms with Crippen molar-refractivity contribution in [1.29, 1.82) is 0 Å². The number of rotatable bonds is 6. The van der Waals surface area contributed by atoms with Crippen molar-refractivity contribution in [2.75, 3.05) is 13.1 Å². The molecule has 0 radical (unpaired) electrons. The minimum absolute atomic E-state index is 0.00609. The van der Waals surface area contributed by atoms with Gasteiger partial charge in [0, 0.05) is 32.1 Å². The van der Waals surface area contributed by atoms with E-state index in [2.05, 4.69) is 10.6 Å². The molecule has 18 heavy (non-hydrogen) atoms. The molecule has 0 spiro atoms. The lowest BCUT2D eigenvalue weighted by molar-refractivity contribution is -0.695. The van der Waals surface area contributed by atoms with E-state index in [9.17, 15) is 9.59 Å². The van der Waals surface area contributed by atoms with Crippen LogP contribution in [-0.4, -0.2) is 24.9 Å². The number of aryl methyl sites for hydroxylation is 2. The molecular weight excluding hydrogens is 230 g/mol. The molecule has 0 aromatic carbocycles. The molecule has 1 aromatic heterocycles. The van der Waals surface area contributed by atoms with Gasteiger partial charge >= 0.3 is 0 Å². The van der Waals surface area contributed by atoms with E-state index in [4.69, 9.17) is 0 Å². The second kappa shape index (κ2) is 7.42. The summed E-state index contributed by atoms with van der Waals surface area (Å²) in [5, 5.41) is 5.37. The van der Waals surface area contributed by atoms with Gasteiger partial charge in [0.25, 0.3) is 0 Å². The third-order valence-electron chi connectivity index (χ3n) is 2.48. The Kier molecular flexibility index (Phi) is 5.84. The predicted molar refractivity (Wildman–Crippen MR) is 67.7 cm³/mol. The molecule has 2 N–H and O–H groups in total. The summed E-state index contributed by atoms with van der Waals surface area (Å²) in [6, 6.07) is 4.02. The standard InChI is InChI=1S/C13H19N3O2/c1-11-3-8-16(9-4-11)10-5-13(18)15-7-6-14-12(2)17/h3-4,8-9H,5-7,10H2,1-2H3,(H-,14,15,17,18)/p+1. The Morgan fingerprint density at radius 2 is 1.78 bits per heavy atom. The molecule has 0 unspecified atom stereocenters. The predicted octanol–water partition coefficient (Wildman–Crippen LogP) is -0.0751. The minimum atomic E-state index is -0.0838. The smallest absolute Gasteiger partial charge is 0.226 e. The van der Waals surface area contributed by atoms with E-state index in [1.54, 1.807) is 0 Å². The Labute approximate surface area is 107 Å². The molecule has 0 aliphatic heterocycles. The van der Waals surface area contributed by atoms with E-state index in [0.717, 1.165) is 0 Å². The molecule has 0 aliphatic carbocycles. The third kappa shape index (κ3) is 5.98. The lowest BCUT2D eigenvalue weighted by atomic mass is 10.3. The fourth-order valence-corrected chi connectivity index (χ4v) is 1.44. The van der Waals surface area contributed by atoms with Crippen molar-refractivity contribution in [3.63, 3.8) is 0 Å². The Morgan fingerprint density at radius 1 is 1.17 bits per heavy atom. The molecule has 0 atom stereocenters. The first kappa shape index (κ1) is 14.2. The maximum Gasteiger partial charge on any atom is 0.226 e. The quantitative estimate of drug-likeness (QED) is 0.548. The summed E-state index contributed by atoms with van der Waals surface area (Å²) < 4.78 is 1.97. The van der Waals surface area contributed by atoms with E-state index in [1.165, 1.54) is 12.5 Å². The van der Waals surface area contributed by atoms with Crippen LogP contribution in [0.4, 0.5) is 0 Å². The summed E-state index contributed by atoms with van der Waals surface area (Å²) in [6.07, 6.45) is 4.35. The molecule has 0 fully saturated rings. The SMILES string of the molecule is CC(=O)NCCNC(=O)CC[n+]1ccc(C)cc1. The minimum Gasteiger partial charge on any atom is -0.355 e. The molecule has 0 bridgehead atoms. The number of nitrogens with zero attached hydrogens (tertiary/aromatic N) is 1. The van der Waals surface area contributed by atoms with Crippen molar-refractivity contribution in [1.82, 2.24) is 10.6 Å². The van der Waals surface area contributed by atoms with Gasteiger partial charge in [0.2, 0.25) is 11.8 Å². The van der Waals surface area contributed by atoms with Crippen molar-refractivity contribution in [2.45, 2.75) is 26.8 Å². The average molecular weight is 250 g/mol. The highest BCUT2D eigenvalue weighted by Gasteiger charge is 2.05. The Morgan fingerprint density at radius 3 is 2.39 bits per heavy atom. The van der Waals surface area contributed by atoms with E-state index in [1.807, 2.05) is 36.0 Å². The Balaban J connectivity index is 2.17. The van der Waals surface area contributed by atoms with Gasteiger partial charge in [0.1, 0.15) is 0 Å². The highest BCUT2D eigenvalue weighted by molar-refractivity contribution is 5.76. The van der Waals surface area contributed by atoms with Gasteiger partial charge in [-0.15, -0.1) is 0 Å². The molecule has 2 amide bonds. The van der Waals surface area contributed by atoms with Crippen LogP contribution in [0.15, 0.2) is 24.5 Å². The van der Waals surface area contributed by atoms with E-state index in [0.29, 0.717) is 26.1 Å². The van der Waals surface area contributed by atoms with Crippen molar-refractivity contribution in [3.05, 3.63) is 30.1 Å². The largest absolute Gasteiger partial charge is 0.355 e. The van der Waals surface area contributed by atoms with E-state index < -0.39 is 0 Å². The van der Waals surface area contributed by atoms with Crippen LogP contribution in [0.25, 0.3) is 0 Å². The first-order valence-corrected chi connectivity index (χ1v) is 6.05. The highest BCUT2D eigenvalue weighted by atomic mass is 16.2. The number of amides is 2.